The Morgan fingerprint density at radius 2 is 1.80 bits per heavy atom. The van der Waals surface area contributed by atoms with Crippen LogP contribution < -0.4 is 5.32 Å². The van der Waals surface area contributed by atoms with Gasteiger partial charge in [0.25, 0.3) is 5.91 Å². The molecule has 30 heavy (non-hydrogen) atoms. The highest BCUT2D eigenvalue weighted by molar-refractivity contribution is 7.17. The molecule has 7 heteroatoms. The van der Waals surface area contributed by atoms with Crippen LogP contribution in [-0.4, -0.2) is 27.9 Å². The van der Waals surface area contributed by atoms with Gasteiger partial charge in [-0.15, -0.1) is 11.3 Å². The Balaban J connectivity index is 1.64. The summed E-state index contributed by atoms with van der Waals surface area (Å²) in [6.07, 6.45) is 0.726. The lowest BCUT2D eigenvalue weighted by molar-refractivity contribution is -0.123. The van der Waals surface area contributed by atoms with Gasteiger partial charge in [-0.05, 0) is 49.1 Å². The fraction of sp³-hybridized carbons (Fsp3) is 0.304. The second-order valence-corrected chi connectivity index (χ2v) is 9.01. The minimum atomic E-state index is -0.945. The summed E-state index contributed by atoms with van der Waals surface area (Å²) in [5.41, 5.74) is 3.10. The lowest BCUT2D eigenvalue weighted by Gasteiger charge is -2.19. The Morgan fingerprint density at radius 1 is 1.10 bits per heavy atom. The number of aromatic nitrogens is 2. The molecule has 0 bridgehead atoms. The Kier molecular flexibility index (Phi) is 6.31. The van der Waals surface area contributed by atoms with Gasteiger partial charge in [0.1, 0.15) is 9.88 Å². The Hall–Kier alpha value is -3.06. The number of anilines is 1. The number of nitrogens with one attached hydrogen (secondary N) is 1. The Bertz CT molecular complexity index is 1040. The number of rotatable bonds is 5. The quantitative estimate of drug-likeness (QED) is 0.585. The van der Waals surface area contributed by atoms with Crippen molar-refractivity contribution in [3.05, 3.63) is 64.8 Å². The third-order valence-corrected chi connectivity index (χ3v) is 5.70. The van der Waals surface area contributed by atoms with E-state index in [9.17, 15) is 9.59 Å². The fourth-order valence-electron chi connectivity index (χ4n) is 2.75. The summed E-state index contributed by atoms with van der Waals surface area (Å²) in [7, 11) is 0. The van der Waals surface area contributed by atoms with Gasteiger partial charge in [0.05, 0.1) is 11.4 Å². The van der Waals surface area contributed by atoms with Crippen molar-refractivity contribution in [3.8, 4) is 10.7 Å². The molecule has 1 N–H and O–H groups in total. The molecule has 2 heterocycles. The normalized spacial score (nSPS) is 12.3. The summed E-state index contributed by atoms with van der Waals surface area (Å²) >= 11 is 1.20. The van der Waals surface area contributed by atoms with E-state index in [1.807, 2.05) is 42.5 Å². The van der Waals surface area contributed by atoms with E-state index in [2.05, 4.69) is 36.1 Å². The van der Waals surface area contributed by atoms with Crippen LogP contribution in [-0.2, 0) is 14.9 Å². The van der Waals surface area contributed by atoms with E-state index >= 15 is 0 Å². The van der Waals surface area contributed by atoms with Gasteiger partial charge in [-0.25, -0.2) is 9.78 Å². The fourth-order valence-corrected chi connectivity index (χ4v) is 3.68. The van der Waals surface area contributed by atoms with Crippen LogP contribution in [0.4, 0.5) is 5.69 Å². The molecule has 0 fully saturated rings. The average molecular weight is 424 g/mol. The summed E-state index contributed by atoms with van der Waals surface area (Å²) < 4.78 is 5.38. The van der Waals surface area contributed by atoms with Gasteiger partial charge in [0.15, 0.2) is 6.10 Å². The van der Waals surface area contributed by atoms with Crippen molar-refractivity contribution in [1.29, 1.82) is 0 Å². The predicted octanol–water partition coefficient (Wildman–Crippen LogP) is 5.00. The molecule has 1 amide bonds. The highest BCUT2D eigenvalue weighted by Gasteiger charge is 2.23. The molecule has 0 saturated carbocycles. The molecule has 1 aromatic carbocycles. The van der Waals surface area contributed by atoms with E-state index in [0.717, 1.165) is 0 Å². The largest absolute Gasteiger partial charge is 0.448 e. The molecular formula is C23H25N3O3S. The highest BCUT2D eigenvalue weighted by atomic mass is 32.1. The lowest BCUT2D eigenvalue weighted by Crippen LogP contribution is -2.30. The molecule has 2 aromatic heterocycles. The molecule has 1 atom stereocenters. The van der Waals surface area contributed by atoms with E-state index in [1.54, 1.807) is 20.0 Å². The second kappa shape index (κ2) is 8.75. The van der Waals surface area contributed by atoms with Crippen LogP contribution in [0.5, 0.6) is 0 Å². The number of hydrogen-bond acceptors (Lipinski definition) is 6. The SMILES string of the molecule is Cc1nc(-c2ccccn2)sc1C(=O)OC(C)C(=O)Nc1ccc(C(C)(C)C)cc1. The number of esters is 1. The second-order valence-electron chi connectivity index (χ2n) is 8.01. The van der Waals surface area contributed by atoms with Crippen LogP contribution in [0.25, 0.3) is 10.7 Å². The molecule has 1 unspecified atom stereocenters. The van der Waals surface area contributed by atoms with Crippen LogP contribution in [0.3, 0.4) is 0 Å². The number of pyridine rings is 1. The number of nitrogens with zero attached hydrogens (tertiary/aromatic N) is 2. The van der Waals surface area contributed by atoms with Crippen molar-refractivity contribution in [1.82, 2.24) is 9.97 Å². The zero-order chi connectivity index (χ0) is 21.9. The molecule has 0 aliphatic carbocycles. The van der Waals surface area contributed by atoms with E-state index in [0.29, 0.717) is 27.0 Å². The van der Waals surface area contributed by atoms with Crippen molar-refractivity contribution < 1.29 is 14.3 Å². The Labute approximate surface area is 180 Å². The topological polar surface area (TPSA) is 81.2 Å². The third-order valence-electron chi connectivity index (χ3n) is 4.54. The molecule has 0 radical (unpaired) electrons. The van der Waals surface area contributed by atoms with Gasteiger partial charge < -0.3 is 10.1 Å². The number of ether oxygens (including phenoxy) is 1. The van der Waals surface area contributed by atoms with Gasteiger partial charge in [-0.1, -0.05) is 39.0 Å². The van der Waals surface area contributed by atoms with Crippen molar-refractivity contribution in [2.24, 2.45) is 0 Å². The zero-order valence-corrected chi connectivity index (χ0v) is 18.5. The smallest absolute Gasteiger partial charge is 0.351 e. The van der Waals surface area contributed by atoms with E-state index in [-0.39, 0.29) is 11.3 Å². The zero-order valence-electron chi connectivity index (χ0n) is 17.7. The first-order valence-corrected chi connectivity index (χ1v) is 10.5. The first-order valence-electron chi connectivity index (χ1n) is 9.66. The first-order chi connectivity index (χ1) is 14.1. The van der Waals surface area contributed by atoms with Crippen molar-refractivity contribution in [2.45, 2.75) is 46.1 Å². The predicted molar refractivity (Wildman–Crippen MR) is 119 cm³/mol. The van der Waals surface area contributed by atoms with Gasteiger partial charge in [-0.2, -0.15) is 0 Å². The lowest BCUT2D eigenvalue weighted by atomic mass is 9.87. The summed E-state index contributed by atoms with van der Waals surface area (Å²) in [6.45, 7) is 9.67. The standard InChI is InChI=1S/C23H25N3O3S/c1-14-19(30-21(25-14)18-8-6-7-13-24-18)22(28)29-15(2)20(27)26-17-11-9-16(10-12-17)23(3,4)5/h6-13,15H,1-5H3,(H,26,27). The molecule has 3 aromatic rings. The maximum atomic E-state index is 12.6. The molecule has 6 nitrogen and oxygen atoms in total. The van der Waals surface area contributed by atoms with Crippen molar-refractivity contribution in [3.63, 3.8) is 0 Å². The molecule has 0 aliphatic rings. The number of carbonyl (C=O) groups excluding carboxylic acids is 2. The molecule has 0 aliphatic heterocycles. The molecule has 3 rings (SSSR count). The number of amides is 1. The van der Waals surface area contributed by atoms with E-state index < -0.39 is 12.1 Å². The van der Waals surface area contributed by atoms with Gasteiger partial charge in [0, 0.05) is 11.9 Å². The Morgan fingerprint density at radius 3 is 2.40 bits per heavy atom. The molecule has 0 spiro atoms. The number of aryl methyl sites for hydroxylation is 1. The van der Waals surface area contributed by atoms with Crippen molar-refractivity contribution >= 4 is 28.9 Å². The van der Waals surface area contributed by atoms with Crippen molar-refractivity contribution in [2.75, 3.05) is 5.32 Å². The molecular weight excluding hydrogens is 398 g/mol. The van der Waals surface area contributed by atoms with Crippen LogP contribution >= 0.6 is 11.3 Å². The minimum absolute atomic E-state index is 0.0338. The van der Waals surface area contributed by atoms with Gasteiger partial charge in [0.2, 0.25) is 0 Å². The van der Waals surface area contributed by atoms with Gasteiger partial charge in [-0.3, -0.25) is 9.78 Å². The summed E-state index contributed by atoms with van der Waals surface area (Å²) in [5.74, 6) is -0.961. The number of carbonyl (C=O) groups is 2. The number of hydrogen-bond donors (Lipinski definition) is 1. The van der Waals surface area contributed by atoms with E-state index in [4.69, 9.17) is 4.74 Å². The summed E-state index contributed by atoms with van der Waals surface area (Å²) in [4.78, 5) is 34.1. The minimum Gasteiger partial charge on any atom is -0.448 e. The molecule has 0 saturated heterocycles. The van der Waals surface area contributed by atoms with Crippen LogP contribution in [0.2, 0.25) is 0 Å². The van der Waals surface area contributed by atoms with E-state index in [1.165, 1.54) is 16.9 Å². The molecule has 156 valence electrons. The maximum absolute atomic E-state index is 12.6. The number of thiazole rings is 1. The number of benzene rings is 1. The third kappa shape index (κ3) is 5.10. The average Bonchev–Trinajstić information content (AvgIpc) is 3.10. The highest BCUT2D eigenvalue weighted by Crippen LogP contribution is 2.27. The van der Waals surface area contributed by atoms with Crippen LogP contribution in [0.15, 0.2) is 48.7 Å². The maximum Gasteiger partial charge on any atom is 0.351 e. The monoisotopic (exact) mass is 423 g/mol. The first kappa shape index (κ1) is 21.6. The summed E-state index contributed by atoms with van der Waals surface area (Å²) in [6, 6.07) is 13.2. The van der Waals surface area contributed by atoms with Crippen LogP contribution in [0, 0.1) is 6.92 Å². The van der Waals surface area contributed by atoms with Gasteiger partial charge >= 0.3 is 5.97 Å². The summed E-state index contributed by atoms with van der Waals surface area (Å²) in [5, 5.41) is 3.42. The van der Waals surface area contributed by atoms with Crippen LogP contribution in [0.1, 0.15) is 48.6 Å².